The van der Waals surface area contributed by atoms with Crippen LogP contribution in [0.2, 0.25) is 0 Å². The summed E-state index contributed by atoms with van der Waals surface area (Å²) in [5.41, 5.74) is 9.77. The third kappa shape index (κ3) is 8.15. The van der Waals surface area contributed by atoms with Crippen molar-refractivity contribution >= 4 is 17.6 Å². The summed E-state index contributed by atoms with van der Waals surface area (Å²) in [6.45, 7) is 5.45. The molecule has 36 heavy (non-hydrogen) atoms. The number of aryl methyl sites for hydroxylation is 3. The van der Waals surface area contributed by atoms with E-state index in [0.29, 0.717) is 30.5 Å². The number of ether oxygens (including phenoxy) is 2. The van der Waals surface area contributed by atoms with Gasteiger partial charge in [-0.25, -0.2) is 4.79 Å². The van der Waals surface area contributed by atoms with Crippen LogP contribution in [0.25, 0.3) is 0 Å². The van der Waals surface area contributed by atoms with Crippen LogP contribution in [0.4, 0.5) is 5.69 Å². The molecule has 1 amide bonds. The smallest absolute Gasteiger partial charge is 0.329 e. The van der Waals surface area contributed by atoms with E-state index >= 15 is 0 Å². The fourth-order valence-corrected chi connectivity index (χ4v) is 3.85. The van der Waals surface area contributed by atoms with Crippen molar-refractivity contribution in [3.63, 3.8) is 0 Å². The zero-order chi connectivity index (χ0) is 26.1. The number of anilines is 1. The summed E-state index contributed by atoms with van der Waals surface area (Å²) in [4.78, 5) is 26.1. The number of carbonyl (C=O) groups excluding carboxylic acids is 2. The van der Waals surface area contributed by atoms with Crippen LogP contribution >= 0.6 is 0 Å². The number of nitrogen functional groups attached to an aromatic ring is 1. The van der Waals surface area contributed by atoms with Crippen molar-refractivity contribution in [1.82, 2.24) is 5.32 Å². The van der Waals surface area contributed by atoms with E-state index in [9.17, 15) is 9.59 Å². The van der Waals surface area contributed by atoms with E-state index in [-0.39, 0.29) is 5.91 Å². The molecule has 3 aromatic rings. The van der Waals surface area contributed by atoms with Crippen LogP contribution in [0.5, 0.6) is 5.75 Å². The number of hydrogen-bond acceptors (Lipinski definition) is 5. The maximum Gasteiger partial charge on any atom is 0.329 e. The Morgan fingerprint density at radius 1 is 0.889 bits per heavy atom. The monoisotopic (exact) mass is 488 g/mol. The Labute approximate surface area is 213 Å². The minimum Gasteiger partial charge on any atom is -0.497 e. The Kier molecular flexibility index (Phi) is 9.12. The summed E-state index contributed by atoms with van der Waals surface area (Å²) in [6.07, 6.45) is 2.53. The molecule has 0 fully saturated rings. The molecule has 0 aliphatic heterocycles. The number of methoxy groups -OCH3 is 1. The van der Waals surface area contributed by atoms with Gasteiger partial charge in [0, 0.05) is 11.3 Å². The molecule has 1 atom stereocenters. The van der Waals surface area contributed by atoms with Crippen LogP contribution in [-0.2, 0) is 28.8 Å². The van der Waals surface area contributed by atoms with Gasteiger partial charge in [0.1, 0.15) is 17.4 Å². The van der Waals surface area contributed by atoms with E-state index in [2.05, 4.69) is 5.32 Å². The van der Waals surface area contributed by atoms with Crippen LogP contribution in [0.1, 0.15) is 54.2 Å². The Balaban J connectivity index is 1.71. The number of rotatable bonds is 10. The number of benzene rings is 3. The van der Waals surface area contributed by atoms with Crippen molar-refractivity contribution in [3.8, 4) is 5.75 Å². The molecule has 3 N–H and O–H groups in total. The van der Waals surface area contributed by atoms with Crippen LogP contribution in [0, 0.1) is 0 Å². The van der Waals surface area contributed by atoms with Gasteiger partial charge in [-0.3, -0.25) is 4.79 Å². The Hall–Kier alpha value is -3.80. The molecule has 0 aliphatic carbocycles. The second-order valence-electron chi connectivity index (χ2n) is 9.85. The number of amides is 1. The molecule has 0 spiro atoms. The van der Waals surface area contributed by atoms with Gasteiger partial charge in [0.15, 0.2) is 0 Å². The molecular weight excluding hydrogens is 452 g/mol. The zero-order valence-electron chi connectivity index (χ0n) is 21.5. The van der Waals surface area contributed by atoms with Crippen molar-refractivity contribution in [2.24, 2.45) is 0 Å². The van der Waals surface area contributed by atoms with E-state index in [0.717, 1.165) is 28.9 Å². The summed E-state index contributed by atoms with van der Waals surface area (Å²) < 4.78 is 10.8. The van der Waals surface area contributed by atoms with Gasteiger partial charge < -0.3 is 20.5 Å². The third-order valence-electron chi connectivity index (χ3n) is 5.81. The second-order valence-corrected chi connectivity index (χ2v) is 9.85. The minimum atomic E-state index is -0.766. The Morgan fingerprint density at radius 3 is 2.19 bits per heavy atom. The highest BCUT2D eigenvalue weighted by Gasteiger charge is 2.27. The van der Waals surface area contributed by atoms with Crippen LogP contribution in [0.15, 0.2) is 72.8 Å². The van der Waals surface area contributed by atoms with Crippen molar-refractivity contribution in [1.29, 1.82) is 0 Å². The van der Waals surface area contributed by atoms with Gasteiger partial charge in [0.25, 0.3) is 5.91 Å². The zero-order valence-corrected chi connectivity index (χ0v) is 21.5. The quantitative estimate of drug-likeness (QED) is 0.305. The van der Waals surface area contributed by atoms with Crippen molar-refractivity contribution in [2.75, 3.05) is 12.8 Å². The molecule has 0 unspecified atom stereocenters. The molecule has 6 heteroatoms. The summed E-state index contributed by atoms with van der Waals surface area (Å²) in [5, 5.41) is 2.89. The van der Waals surface area contributed by atoms with Gasteiger partial charge in [0.05, 0.1) is 7.11 Å². The molecular formula is C30H36N2O4. The average molecular weight is 489 g/mol. The van der Waals surface area contributed by atoms with Crippen molar-refractivity contribution < 1.29 is 19.1 Å². The highest BCUT2D eigenvalue weighted by molar-refractivity contribution is 5.97. The minimum absolute atomic E-state index is 0.329. The highest BCUT2D eigenvalue weighted by atomic mass is 16.6. The van der Waals surface area contributed by atoms with Gasteiger partial charge in [-0.05, 0) is 93.5 Å². The van der Waals surface area contributed by atoms with Gasteiger partial charge in [-0.15, -0.1) is 0 Å². The largest absolute Gasteiger partial charge is 0.497 e. The van der Waals surface area contributed by atoms with Crippen LogP contribution < -0.4 is 15.8 Å². The van der Waals surface area contributed by atoms with Gasteiger partial charge in [-0.1, -0.05) is 42.5 Å². The summed E-state index contributed by atoms with van der Waals surface area (Å²) >= 11 is 0. The molecule has 0 aliphatic rings. The topological polar surface area (TPSA) is 90.6 Å². The van der Waals surface area contributed by atoms with Crippen LogP contribution in [0.3, 0.4) is 0 Å². The van der Waals surface area contributed by atoms with Gasteiger partial charge >= 0.3 is 5.97 Å². The molecule has 6 nitrogen and oxygen atoms in total. The van der Waals surface area contributed by atoms with Crippen LogP contribution in [-0.4, -0.2) is 30.6 Å². The molecule has 3 rings (SSSR count). The van der Waals surface area contributed by atoms with Crippen molar-refractivity contribution in [2.45, 2.75) is 58.1 Å². The second kappa shape index (κ2) is 12.2. The van der Waals surface area contributed by atoms with Crippen molar-refractivity contribution in [3.05, 3.63) is 95.1 Å². The third-order valence-corrected chi connectivity index (χ3v) is 5.81. The van der Waals surface area contributed by atoms with Gasteiger partial charge in [-0.2, -0.15) is 0 Å². The molecule has 190 valence electrons. The fourth-order valence-electron chi connectivity index (χ4n) is 3.85. The first-order valence-electron chi connectivity index (χ1n) is 12.2. The SMILES string of the molecule is COc1ccc(CCc2cc(C(=O)N[C@@H](CCc3ccccc3)C(=O)OC(C)(C)C)ccc2N)cc1. The Bertz CT molecular complexity index is 1150. The molecule has 0 radical (unpaired) electrons. The lowest BCUT2D eigenvalue weighted by Crippen LogP contribution is -2.44. The van der Waals surface area contributed by atoms with E-state index in [1.165, 1.54) is 0 Å². The van der Waals surface area contributed by atoms with Gasteiger partial charge in [0.2, 0.25) is 0 Å². The molecule has 0 bridgehead atoms. The first-order chi connectivity index (χ1) is 17.1. The average Bonchev–Trinajstić information content (AvgIpc) is 2.85. The molecule has 0 saturated carbocycles. The maximum atomic E-state index is 13.2. The predicted octanol–water partition coefficient (Wildman–Crippen LogP) is 5.14. The number of hydrogen-bond donors (Lipinski definition) is 2. The first kappa shape index (κ1) is 26.8. The first-order valence-corrected chi connectivity index (χ1v) is 12.2. The highest BCUT2D eigenvalue weighted by Crippen LogP contribution is 2.19. The summed E-state index contributed by atoms with van der Waals surface area (Å²) in [6, 6.07) is 22.2. The van der Waals surface area contributed by atoms with E-state index in [1.807, 2.05) is 75.4 Å². The lowest BCUT2D eigenvalue weighted by Gasteiger charge is -2.25. The summed E-state index contributed by atoms with van der Waals surface area (Å²) in [7, 11) is 1.64. The lowest BCUT2D eigenvalue weighted by atomic mass is 10.00. The Morgan fingerprint density at radius 2 is 1.56 bits per heavy atom. The molecule has 0 heterocycles. The summed E-state index contributed by atoms with van der Waals surface area (Å²) in [5.74, 6) is 0.0373. The molecule has 3 aromatic carbocycles. The number of nitrogens with one attached hydrogen (secondary N) is 1. The normalized spacial score (nSPS) is 12.0. The lowest BCUT2D eigenvalue weighted by molar-refractivity contribution is -0.157. The fraction of sp³-hybridized carbons (Fsp3) is 0.333. The number of carbonyl (C=O) groups is 2. The van der Waals surface area contributed by atoms with E-state index in [1.54, 1.807) is 25.3 Å². The number of nitrogens with two attached hydrogens (primary N) is 1. The molecule has 0 aromatic heterocycles. The standard InChI is InChI=1S/C30H36N2O4/c1-30(2,3)36-29(34)27(19-13-21-8-6-5-7-9-21)32-28(33)24-15-18-26(31)23(20-24)14-10-22-11-16-25(35-4)17-12-22/h5-9,11-12,15-18,20,27H,10,13-14,19,31H2,1-4H3,(H,32,33)/t27-/m0/s1. The van der Waals surface area contributed by atoms with E-state index < -0.39 is 17.6 Å². The van der Waals surface area contributed by atoms with E-state index in [4.69, 9.17) is 15.2 Å². The maximum absolute atomic E-state index is 13.2. The predicted molar refractivity (Wildman–Crippen MR) is 143 cm³/mol. The molecule has 0 saturated heterocycles. The number of esters is 1.